The molecule has 4 nitrogen and oxygen atoms in total. The second kappa shape index (κ2) is 8.12. The number of hydrogen-bond acceptors (Lipinski definition) is 4. The zero-order valence-electron chi connectivity index (χ0n) is 15.1. The molecule has 0 radical (unpaired) electrons. The van der Waals surface area contributed by atoms with Crippen molar-refractivity contribution in [2.24, 2.45) is 5.73 Å². The lowest BCUT2D eigenvalue weighted by atomic mass is 9.92. The van der Waals surface area contributed by atoms with Crippen LogP contribution >= 0.6 is 0 Å². The maximum absolute atomic E-state index is 14.6. The maximum atomic E-state index is 14.6. The fourth-order valence-electron chi connectivity index (χ4n) is 2.90. The Morgan fingerprint density at radius 2 is 1.96 bits per heavy atom. The molecule has 5 heteroatoms. The standard InChI is InChI=1S/C20H24FNO3/c1-5-25-18(23)11-16(22)15-10-14(9-13(3)20(15)21)19-12(2)7-6-8-17(19)24-4/h6-10,16H,5,11,22H2,1-4H3/t16-/m0/s1. The molecule has 0 aliphatic heterocycles. The molecule has 0 aromatic heterocycles. The van der Waals surface area contributed by atoms with E-state index in [1.807, 2.05) is 25.1 Å². The third-order valence-corrected chi connectivity index (χ3v) is 4.12. The van der Waals surface area contributed by atoms with Gasteiger partial charge in [0.25, 0.3) is 0 Å². The summed E-state index contributed by atoms with van der Waals surface area (Å²) < 4.78 is 25.0. The highest BCUT2D eigenvalue weighted by molar-refractivity contribution is 5.75. The number of rotatable bonds is 6. The van der Waals surface area contributed by atoms with Gasteiger partial charge in [0, 0.05) is 17.2 Å². The van der Waals surface area contributed by atoms with E-state index in [1.165, 1.54) is 0 Å². The average molecular weight is 345 g/mol. The van der Waals surface area contributed by atoms with E-state index in [4.69, 9.17) is 15.2 Å². The minimum absolute atomic E-state index is 0.0709. The minimum atomic E-state index is -0.771. The predicted octanol–water partition coefficient (Wildman–Crippen LogP) is 4.07. The zero-order chi connectivity index (χ0) is 18.6. The average Bonchev–Trinajstić information content (AvgIpc) is 2.57. The number of carbonyl (C=O) groups excluding carboxylic acids is 1. The summed E-state index contributed by atoms with van der Waals surface area (Å²) in [6.07, 6.45) is -0.0709. The maximum Gasteiger partial charge on any atom is 0.307 e. The van der Waals surface area contributed by atoms with Crippen LogP contribution in [0.2, 0.25) is 0 Å². The minimum Gasteiger partial charge on any atom is -0.496 e. The molecule has 2 aromatic rings. The lowest BCUT2D eigenvalue weighted by Gasteiger charge is -2.18. The van der Waals surface area contributed by atoms with Crippen LogP contribution in [-0.4, -0.2) is 19.7 Å². The van der Waals surface area contributed by atoms with Crippen LogP contribution < -0.4 is 10.5 Å². The fourth-order valence-corrected chi connectivity index (χ4v) is 2.90. The number of methoxy groups -OCH3 is 1. The Labute approximate surface area is 147 Å². The summed E-state index contributed by atoms with van der Waals surface area (Å²) in [4.78, 5) is 11.7. The number of ether oxygens (including phenoxy) is 2. The summed E-state index contributed by atoms with van der Waals surface area (Å²) >= 11 is 0. The number of nitrogens with two attached hydrogens (primary N) is 1. The van der Waals surface area contributed by atoms with E-state index < -0.39 is 17.8 Å². The van der Waals surface area contributed by atoms with Crippen LogP contribution in [0.4, 0.5) is 4.39 Å². The Kier molecular flexibility index (Phi) is 6.15. The third-order valence-electron chi connectivity index (χ3n) is 4.12. The van der Waals surface area contributed by atoms with Crippen LogP contribution in [0.3, 0.4) is 0 Å². The van der Waals surface area contributed by atoms with Gasteiger partial charge in [-0.2, -0.15) is 0 Å². The van der Waals surface area contributed by atoms with Crippen molar-refractivity contribution in [1.82, 2.24) is 0 Å². The van der Waals surface area contributed by atoms with Gasteiger partial charge in [-0.15, -0.1) is 0 Å². The van der Waals surface area contributed by atoms with E-state index in [2.05, 4.69) is 0 Å². The van der Waals surface area contributed by atoms with Crippen LogP contribution in [0.25, 0.3) is 11.1 Å². The van der Waals surface area contributed by atoms with Crippen molar-refractivity contribution in [2.45, 2.75) is 33.2 Å². The zero-order valence-corrected chi connectivity index (χ0v) is 15.1. The van der Waals surface area contributed by atoms with Gasteiger partial charge in [-0.3, -0.25) is 4.79 Å². The number of hydrogen-bond donors (Lipinski definition) is 1. The molecular formula is C20H24FNO3. The van der Waals surface area contributed by atoms with Gasteiger partial charge in [0.15, 0.2) is 0 Å². The van der Waals surface area contributed by atoms with Crippen LogP contribution in [-0.2, 0) is 9.53 Å². The molecule has 0 spiro atoms. The molecule has 25 heavy (non-hydrogen) atoms. The Hall–Kier alpha value is -2.40. The van der Waals surface area contributed by atoms with Crippen molar-refractivity contribution in [2.75, 3.05) is 13.7 Å². The number of halogens is 1. The van der Waals surface area contributed by atoms with Crippen molar-refractivity contribution in [3.8, 4) is 16.9 Å². The predicted molar refractivity (Wildman–Crippen MR) is 96.0 cm³/mol. The first-order valence-corrected chi connectivity index (χ1v) is 8.24. The Bertz CT molecular complexity index is 774. The van der Waals surface area contributed by atoms with Crippen LogP contribution in [0, 0.1) is 19.7 Å². The van der Waals surface area contributed by atoms with Gasteiger partial charge in [0.2, 0.25) is 0 Å². The summed E-state index contributed by atoms with van der Waals surface area (Å²) in [5.41, 5.74) is 9.55. The second-order valence-electron chi connectivity index (χ2n) is 5.96. The van der Waals surface area contributed by atoms with Gasteiger partial charge in [-0.05, 0) is 55.7 Å². The monoisotopic (exact) mass is 345 g/mol. The molecule has 134 valence electrons. The number of carbonyl (C=O) groups is 1. The largest absolute Gasteiger partial charge is 0.496 e. The van der Waals surface area contributed by atoms with Crippen molar-refractivity contribution < 1.29 is 18.7 Å². The van der Waals surface area contributed by atoms with E-state index in [0.29, 0.717) is 16.9 Å². The van der Waals surface area contributed by atoms with Crippen LogP contribution in [0.15, 0.2) is 30.3 Å². The van der Waals surface area contributed by atoms with Crippen molar-refractivity contribution in [3.05, 3.63) is 52.8 Å². The van der Waals surface area contributed by atoms with Crippen molar-refractivity contribution in [1.29, 1.82) is 0 Å². The topological polar surface area (TPSA) is 61.5 Å². The molecule has 2 N–H and O–H groups in total. The molecule has 2 rings (SSSR count). The van der Waals surface area contributed by atoms with Gasteiger partial charge in [-0.1, -0.05) is 12.1 Å². The number of benzene rings is 2. The van der Waals surface area contributed by atoms with E-state index in [0.717, 1.165) is 16.7 Å². The molecule has 0 bridgehead atoms. The van der Waals surface area contributed by atoms with Gasteiger partial charge in [0.05, 0.1) is 20.1 Å². The number of esters is 1. The van der Waals surface area contributed by atoms with E-state index in [9.17, 15) is 9.18 Å². The summed E-state index contributed by atoms with van der Waals surface area (Å²) in [5, 5.41) is 0. The Morgan fingerprint density at radius 3 is 2.60 bits per heavy atom. The summed E-state index contributed by atoms with van der Waals surface area (Å²) in [5.74, 6) is -0.130. The summed E-state index contributed by atoms with van der Waals surface area (Å²) in [6, 6.07) is 8.42. The molecule has 1 atom stereocenters. The first-order chi connectivity index (χ1) is 11.9. The van der Waals surface area contributed by atoms with Crippen LogP contribution in [0.5, 0.6) is 5.75 Å². The molecule has 0 amide bonds. The Balaban J connectivity index is 2.50. The molecule has 0 saturated carbocycles. The number of aryl methyl sites for hydroxylation is 2. The van der Waals surface area contributed by atoms with Gasteiger partial charge in [0.1, 0.15) is 11.6 Å². The summed E-state index contributed by atoms with van der Waals surface area (Å²) in [6.45, 7) is 5.64. The normalized spacial score (nSPS) is 11.9. The SMILES string of the molecule is CCOC(=O)C[C@H](N)c1cc(-c2c(C)cccc2OC)cc(C)c1F. The Morgan fingerprint density at radius 1 is 1.24 bits per heavy atom. The van der Waals surface area contributed by atoms with E-state index >= 15 is 0 Å². The van der Waals surface area contributed by atoms with Crippen molar-refractivity contribution >= 4 is 5.97 Å². The lowest BCUT2D eigenvalue weighted by molar-refractivity contribution is -0.143. The van der Waals surface area contributed by atoms with Gasteiger partial charge in [-0.25, -0.2) is 4.39 Å². The quantitative estimate of drug-likeness (QED) is 0.802. The van der Waals surface area contributed by atoms with Gasteiger partial charge < -0.3 is 15.2 Å². The third kappa shape index (κ3) is 4.17. The molecule has 0 saturated heterocycles. The van der Waals surface area contributed by atoms with E-state index in [-0.39, 0.29) is 13.0 Å². The van der Waals surface area contributed by atoms with E-state index in [1.54, 1.807) is 33.1 Å². The smallest absolute Gasteiger partial charge is 0.307 e. The molecule has 0 unspecified atom stereocenters. The van der Waals surface area contributed by atoms with Crippen molar-refractivity contribution in [3.63, 3.8) is 0 Å². The summed E-state index contributed by atoms with van der Waals surface area (Å²) in [7, 11) is 1.60. The lowest BCUT2D eigenvalue weighted by Crippen LogP contribution is -2.19. The second-order valence-corrected chi connectivity index (χ2v) is 5.96. The fraction of sp³-hybridized carbons (Fsp3) is 0.350. The molecule has 0 aliphatic carbocycles. The molecule has 0 fully saturated rings. The highest BCUT2D eigenvalue weighted by Crippen LogP contribution is 2.36. The first kappa shape index (κ1) is 18.9. The molecular weight excluding hydrogens is 321 g/mol. The highest BCUT2D eigenvalue weighted by Gasteiger charge is 2.20. The van der Waals surface area contributed by atoms with Gasteiger partial charge >= 0.3 is 5.97 Å². The molecule has 0 heterocycles. The highest BCUT2D eigenvalue weighted by atomic mass is 19.1. The molecule has 0 aliphatic rings. The molecule has 2 aromatic carbocycles. The van der Waals surface area contributed by atoms with Crippen LogP contribution in [0.1, 0.15) is 36.1 Å². The first-order valence-electron chi connectivity index (χ1n) is 8.24.